The Kier molecular flexibility index (Phi) is 1.48. The number of fused-ring (bicyclic) bond motifs is 1. The number of nitrogens with zero attached hydrogens (tertiary/aromatic N) is 1. The van der Waals surface area contributed by atoms with Crippen molar-refractivity contribution in [3.05, 3.63) is 40.6 Å². The summed E-state index contributed by atoms with van der Waals surface area (Å²) < 4.78 is 0.650. The maximum Gasteiger partial charge on any atom is 0.299 e. The van der Waals surface area contributed by atoms with Gasteiger partial charge in [0.1, 0.15) is 0 Å². The molecule has 0 saturated heterocycles. The molecule has 0 aliphatic carbocycles. The van der Waals surface area contributed by atoms with E-state index in [-0.39, 0.29) is 0 Å². The topological polar surface area (TPSA) is 46.3 Å². The van der Waals surface area contributed by atoms with Gasteiger partial charge in [0.25, 0.3) is 5.72 Å². The van der Waals surface area contributed by atoms with Crippen LogP contribution >= 0.6 is 0 Å². The molecule has 13 heavy (non-hydrogen) atoms. The Morgan fingerprint density at radius 1 is 1.38 bits per heavy atom. The molecule has 0 radical (unpaired) electrons. The number of hydroxylamine groups is 1. The van der Waals surface area contributed by atoms with Crippen molar-refractivity contribution in [3.63, 3.8) is 0 Å². The highest BCUT2D eigenvalue weighted by atomic mass is 16.5. The summed E-state index contributed by atoms with van der Waals surface area (Å²) in [4.78, 5) is 0. The first-order valence-corrected chi connectivity index (χ1v) is 4.18. The molecule has 0 amide bonds. The zero-order chi connectivity index (χ0) is 9.64. The Labute approximate surface area is 76.5 Å². The SMILES string of the molecule is CC1=[N+]([O-])C(C)(O)c2ccccc21. The third-order valence-corrected chi connectivity index (χ3v) is 2.53. The zero-order valence-electron chi connectivity index (χ0n) is 7.61. The van der Waals surface area contributed by atoms with Crippen molar-refractivity contribution < 1.29 is 9.85 Å². The fourth-order valence-corrected chi connectivity index (χ4v) is 1.76. The molecular formula is C10H11NO2. The van der Waals surface area contributed by atoms with E-state index in [0.717, 1.165) is 5.56 Å². The van der Waals surface area contributed by atoms with Gasteiger partial charge < -0.3 is 10.3 Å². The molecule has 0 saturated carbocycles. The number of benzene rings is 1. The van der Waals surface area contributed by atoms with Crippen LogP contribution in [0.4, 0.5) is 0 Å². The van der Waals surface area contributed by atoms with E-state index in [0.29, 0.717) is 16.0 Å². The van der Waals surface area contributed by atoms with E-state index in [4.69, 9.17) is 0 Å². The van der Waals surface area contributed by atoms with Crippen LogP contribution in [0.2, 0.25) is 0 Å². The average Bonchev–Trinajstić information content (AvgIpc) is 2.30. The lowest BCUT2D eigenvalue weighted by Gasteiger charge is -2.17. The maximum absolute atomic E-state index is 11.5. The second-order valence-electron chi connectivity index (χ2n) is 3.45. The summed E-state index contributed by atoms with van der Waals surface area (Å²) in [6, 6.07) is 7.30. The molecule has 0 spiro atoms. The van der Waals surface area contributed by atoms with E-state index in [9.17, 15) is 10.3 Å². The summed E-state index contributed by atoms with van der Waals surface area (Å²) in [5.41, 5.74) is 0.686. The molecule has 1 N–H and O–H groups in total. The van der Waals surface area contributed by atoms with E-state index < -0.39 is 5.72 Å². The van der Waals surface area contributed by atoms with Crippen LogP contribution in [-0.2, 0) is 5.72 Å². The van der Waals surface area contributed by atoms with E-state index in [1.54, 1.807) is 13.0 Å². The molecule has 1 atom stereocenters. The Bertz CT molecular complexity index is 394. The van der Waals surface area contributed by atoms with Gasteiger partial charge in [-0.3, -0.25) is 0 Å². The van der Waals surface area contributed by atoms with Gasteiger partial charge in [-0.15, -0.1) is 0 Å². The Morgan fingerprint density at radius 2 is 2.00 bits per heavy atom. The zero-order valence-corrected chi connectivity index (χ0v) is 7.61. The fourth-order valence-electron chi connectivity index (χ4n) is 1.76. The second kappa shape index (κ2) is 2.33. The van der Waals surface area contributed by atoms with E-state index in [1.807, 2.05) is 18.2 Å². The highest BCUT2D eigenvalue weighted by Gasteiger charge is 2.42. The van der Waals surface area contributed by atoms with Crippen molar-refractivity contribution in [1.82, 2.24) is 0 Å². The first-order chi connectivity index (χ1) is 6.05. The van der Waals surface area contributed by atoms with Crippen LogP contribution in [0.3, 0.4) is 0 Å². The van der Waals surface area contributed by atoms with Crippen molar-refractivity contribution in [2.75, 3.05) is 0 Å². The molecule has 68 valence electrons. The minimum absolute atomic E-state index is 0.570. The van der Waals surface area contributed by atoms with Crippen LogP contribution < -0.4 is 0 Å². The fraction of sp³-hybridized carbons (Fsp3) is 0.300. The van der Waals surface area contributed by atoms with Crippen LogP contribution in [0.1, 0.15) is 25.0 Å². The van der Waals surface area contributed by atoms with Crippen molar-refractivity contribution in [2.24, 2.45) is 0 Å². The molecule has 1 aromatic rings. The van der Waals surface area contributed by atoms with Crippen LogP contribution in [0.25, 0.3) is 0 Å². The monoisotopic (exact) mass is 177 g/mol. The normalized spacial score (nSPS) is 26.4. The number of hydrogen-bond donors (Lipinski definition) is 1. The van der Waals surface area contributed by atoms with Gasteiger partial charge in [-0.25, -0.2) is 0 Å². The molecule has 1 aliphatic rings. The van der Waals surface area contributed by atoms with Gasteiger partial charge in [-0.1, -0.05) is 12.1 Å². The van der Waals surface area contributed by atoms with Gasteiger partial charge in [0, 0.05) is 13.8 Å². The summed E-state index contributed by atoms with van der Waals surface area (Å²) in [5, 5.41) is 21.4. The quantitative estimate of drug-likeness (QED) is 0.478. The summed E-state index contributed by atoms with van der Waals surface area (Å²) in [5.74, 6) is 0. The van der Waals surface area contributed by atoms with Crippen LogP contribution in [0.15, 0.2) is 24.3 Å². The largest absolute Gasteiger partial charge is 0.621 e. The Balaban J connectivity index is 2.74. The van der Waals surface area contributed by atoms with Gasteiger partial charge in [0.2, 0.25) is 0 Å². The second-order valence-corrected chi connectivity index (χ2v) is 3.45. The predicted octanol–water partition coefficient (Wildman–Crippen LogP) is 1.18. The highest BCUT2D eigenvalue weighted by Crippen LogP contribution is 2.31. The lowest BCUT2D eigenvalue weighted by Crippen LogP contribution is -2.30. The number of hydrogen-bond acceptors (Lipinski definition) is 2. The van der Waals surface area contributed by atoms with Gasteiger partial charge in [-0.05, 0) is 12.1 Å². The highest BCUT2D eigenvalue weighted by molar-refractivity contribution is 5.98. The molecule has 0 bridgehead atoms. The van der Waals surface area contributed by atoms with Crippen LogP contribution in [0.5, 0.6) is 0 Å². The summed E-state index contributed by atoms with van der Waals surface area (Å²) in [6.45, 7) is 3.22. The predicted molar refractivity (Wildman–Crippen MR) is 49.4 cm³/mol. The summed E-state index contributed by atoms with van der Waals surface area (Å²) >= 11 is 0. The van der Waals surface area contributed by atoms with Gasteiger partial charge in [0.05, 0.1) is 11.1 Å². The number of rotatable bonds is 0. The van der Waals surface area contributed by atoms with Gasteiger partial charge in [-0.2, -0.15) is 4.74 Å². The molecule has 1 aliphatic heterocycles. The third kappa shape index (κ3) is 0.906. The van der Waals surface area contributed by atoms with Crippen LogP contribution in [0, 0.1) is 5.21 Å². The molecule has 3 heteroatoms. The lowest BCUT2D eigenvalue weighted by atomic mass is 10.0. The van der Waals surface area contributed by atoms with Crippen molar-refractivity contribution in [2.45, 2.75) is 19.6 Å². The van der Waals surface area contributed by atoms with Crippen molar-refractivity contribution >= 4 is 5.71 Å². The minimum atomic E-state index is -1.40. The smallest absolute Gasteiger partial charge is 0.299 e. The standard InChI is InChI=1S/C10H11NO2/c1-7-8-5-3-4-6-9(8)10(2,12)11(7)13/h3-6,12H,1-2H3. The Hall–Kier alpha value is -1.35. The molecule has 1 heterocycles. The maximum atomic E-state index is 11.5. The summed E-state index contributed by atoms with van der Waals surface area (Å²) in [7, 11) is 0. The molecule has 1 unspecified atom stereocenters. The molecule has 2 rings (SSSR count). The van der Waals surface area contributed by atoms with E-state index in [2.05, 4.69) is 0 Å². The van der Waals surface area contributed by atoms with Crippen molar-refractivity contribution in [1.29, 1.82) is 0 Å². The summed E-state index contributed by atoms with van der Waals surface area (Å²) in [6.07, 6.45) is 0. The molecule has 0 aromatic heterocycles. The van der Waals surface area contributed by atoms with E-state index >= 15 is 0 Å². The molecule has 3 nitrogen and oxygen atoms in total. The Morgan fingerprint density at radius 3 is 2.62 bits per heavy atom. The molecular weight excluding hydrogens is 166 g/mol. The molecule has 0 fully saturated rings. The van der Waals surface area contributed by atoms with Crippen molar-refractivity contribution in [3.8, 4) is 0 Å². The lowest BCUT2D eigenvalue weighted by molar-refractivity contribution is -0.608. The number of aliphatic hydroxyl groups is 1. The van der Waals surface area contributed by atoms with Gasteiger partial charge >= 0.3 is 0 Å². The minimum Gasteiger partial charge on any atom is -0.621 e. The third-order valence-electron chi connectivity index (χ3n) is 2.53. The first-order valence-electron chi connectivity index (χ1n) is 4.18. The van der Waals surface area contributed by atoms with Gasteiger partial charge in [0.15, 0.2) is 5.71 Å². The van der Waals surface area contributed by atoms with Crippen LogP contribution in [-0.4, -0.2) is 15.6 Å². The average molecular weight is 177 g/mol. The van der Waals surface area contributed by atoms with E-state index in [1.165, 1.54) is 6.92 Å². The molecule has 1 aromatic carbocycles. The first kappa shape index (κ1) is 8.26.